The first-order valence-corrected chi connectivity index (χ1v) is 17.6. The molecule has 0 aromatic carbocycles. The van der Waals surface area contributed by atoms with Gasteiger partial charge >= 0.3 is 182 Å². The van der Waals surface area contributed by atoms with Gasteiger partial charge < -0.3 is 0 Å². The summed E-state index contributed by atoms with van der Waals surface area (Å²) in [4.78, 5) is 0. The van der Waals surface area contributed by atoms with E-state index in [1.54, 1.807) is 0 Å². The van der Waals surface area contributed by atoms with Crippen molar-refractivity contribution in [3.8, 4) is 0 Å². The zero-order valence-electron chi connectivity index (χ0n) is 6.58. The van der Waals surface area contributed by atoms with Gasteiger partial charge in [0.05, 0.1) is 0 Å². The van der Waals surface area contributed by atoms with Crippen molar-refractivity contribution >= 4 is 56.5 Å². The maximum atomic E-state index is 5.05. The Kier molecular flexibility index (Phi) is 23.6. The average Bonchev–Trinajstić information content (AvgIpc) is 0.592. The second kappa shape index (κ2) is 8.52. The van der Waals surface area contributed by atoms with Gasteiger partial charge in [-0.1, -0.05) is 0 Å². The molecule has 11 heteroatoms. The fourth-order valence-corrected chi connectivity index (χ4v) is 0. The van der Waals surface area contributed by atoms with Crippen LogP contribution in [0.4, 0.5) is 0 Å². The first kappa shape index (κ1) is 30.5. The van der Waals surface area contributed by atoms with Crippen LogP contribution in [0.3, 0.4) is 0 Å². The Morgan fingerprint density at radius 1 is 0.455 bits per heavy atom. The van der Waals surface area contributed by atoms with Crippen LogP contribution in [0.2, 0.25) is 0 Å². The van der Waals surface area contributed by atoms with Crippen LogP contribution in [-0.2, 0) is 7.31 Å². The Morgan fingerprint density at radius 2 is 0.455 bits per heavy atom. The molecule has 0 saturated heterocycles. The van der Waals surface area contributed by atoms with Gasteiger partial charge in [-0.15, -0.1) is 0 Å². The Labute approximate surface area is 177 Å². The molecule has 0 aliphatic heterocycles. The van der Waals surface area contributed by atoms with Gasteiger partial charge in [-0.05, 0) is 0 Å². The van der Waals surface area contributed by atoms with Crippen LogP contribution >= 0.6 is 56.5 Å². The molecule has 0 aliphatic rings. The van der Waals surface area contributed by atoms with E-state index in [-0.39, 0.29) is 118 Å². The average molecular weight is 500 g/mol. The molecular weight excluding hydrogens is 500 g/mol. The van der Waals surface area contributed by atoms with E-state index in [0.29, 0.717) is 0 Å². The molecule has 0 nitrogen and oxygen atoms in total. The van der Waals surface area contributed by atoms with Gasteiger partial charge in [0.1, 0.15) is 0 Å². The van der Waals surface area contributed by atoms with Crippen LogP contribution < -0.4 is 118 Å². The smallest absolute Gasteiger partial charge is 1.00 e. The number of hydrogen-bond acceptors (Lipinski definition) is 0. The molecule has 0 radical (unpaired) electrons. The second-order valence-electron chi connectivity index (χ2n) is 0.678. The van der Waals surface area contributed by atoms with Crippen LogP contribution in [-0.4, -0.2) is 0 Å². The molecule has 56 valence electrons. The van der Waals surface area contributed by atoms with Crippen molar-refractivity contribution in [3.05, 3.63) is 0 Å². The predicted octanol–water partition coefficient (Wildman–Crippen LogP) is -7.85. The zero-order chi connectivity index (χ0) is 6.41. The third-order valence-corrected chi connectivity index (χ3v) is 0. The van der Waals surface area contributed by atoms with Crippen LogP contribution in [0.25, 0.3) is 0 Å². The molecule has 0 heterocycles. The van der Waals surface area contributed by atoms with E-state index in [1.165, 1.54) is 0 Å². The van der Waals surface area contributed by atoms with E-state index in [1.807, 2.05) is 0 Å². The van der Waals surface area contributed by atoms with Crippen LogP contribution in [0, 0.1) is 0 Å². The molecule has 0 bridgehead atoms. The van der Waals surface area contributed by atoms with Gasteiger partial charge in [0.25, 0.3) is 0 Å². The minimum atomic E-state index is -5.29. The topological polar surface area (TPSA) is 0 Å². The summed E-state index contributed by atoms with van der Waals surface area (Å²) in [6, 6.07) is 0. The Morgan fingerprint density at radius 3 is 0.455 bits per heavy atom. The number of hydrogen-bond donors (Lipinski definition) is 0. The molecule has 0 fully saturated rings. The molecule has 0 aliphatic carbocycles. The van der Waals surface area contributed by atoms with Gasteiger partial charge in [-0.25, -0.2) is 0 Å². The summed E-state index contributed by atoms with van der Waals surface area (Å²) >= 11 is 0. The fourth-order valence-electron chi connectivity index (χ4n) is 0. The molecule has 0 amide bonds. The summed E-state index contributed by atoms with van der Waals surface area (Å²) in [7, 11) is 25.0. The van der Waals surface area contributed by atoms with Crippen LogP contribution in [0.15, 0.2) is 0 Å². The molecule has 0 aromatic heterocycles. The summed E-state index contributed by atoms with van der Waals surface area (Å²) < 4.78 is 0. The monoisotopic (exact) mass is 497 g/mol. The van der Waals surface area contributed by atoms with E-state index >= 15 is 0 Å². The molecule has 0 N–H and O–H groups in total. The van der Waals surface area contributed by atoms with E-state index in [4.69, 9.17) is 56.5 Å². The first-order valence-electron chi connectivity index (χ1n) is 0.717. The van der Waals surface area contributed by atoms with E-state index in [2.05, 4.69) is 0 Å². The summed E-state index contributed by atoms with van der Waals surface area (Å²) in [5.74, 6) is 0. The van der Waals surface area contributed by atoms with E-state index in [0.717, 1.165) is 0 Å². The molecule has 0 spiro atoms. The van der Waals surface area contributed by atoms with E-state index in [9.17, 15) is 0 Å². The molecule has 0 unspecified atom stereocenters. The zero-order valence-corrected chi connectivity index (χ0v) is 21.4. The molecule has 11 heavy (non-hydrogen) atoms. The van der Waals surface area contributed by atoms with Crippen molar-refractivity contribution in [3.63, 3.8) is 0 Å². The molecule has 0 saturated carbocycles. The van der Waals surface area contributed by atoms with Crippen molar-refractivity contribution in [2.45, 2.75) is 0 Å². The largest absolute Gasteiger partial charge is 1.00 e. The van der Waals surface area contributed by atoms with Crippen LogP contribution in [0.5, 0.6) is 0 Å². The molecule has 0 rings (SSSR count). The van der Waals surface area contributed by atoms with E-state index < -0.39 is 7.31 Å². The van der Waals surface area contributed by atoms with Gasteiger partial charge in [0.2, 0.25) is 0 Å². The number of rotatable bonds is 0. The molecule has 0 aromatic rings. The quantitative estimate of drug-likeness (QED) is 0.291. The minimum Gasteiger partial charge on any atom is 1.00 e. The third kappa shape index (κ3) is 82.8. The van der Waals surface area contributed by atoms with Crippen molar-refractivity contribution < 1.29 is 126 Å². The summed E-state index contributed by atoms with van der Waals surface area (Å²) in [5, 5.41) is 0. The maximum Gasteiger partial charge on any atom is 1.00 e. The third-order valence-electron chi connectivity index (χ3n) is 0. The predicted molar refractivity (Wildman–Crippen MR) is 35.1 cm³/mol. The normalized spacial score (nSPS) is 14.7. The molecular formula is Cl6Na4Pt. The maximum absolute atomic E-state index is 5.29. The van der Waals surface area contributed by atoms with Gasteiger partial charge in [-0.3, -0.25) is 0 Å². The summed E-state index contributed by atoms with van der Waals surface area (Å²) in [6.45, 7) is 0. The van der Waals surface area contributed by atoms with Crippen molar-refractivity contribution in [1.29, 1.82) is 0 Å². The Bertz CT molecular complexity index is 73.1. The van der Waals surface area contributed by atoms with Gasteiger partial charge in [0.15, 0.2) is 0 Å². The van der Waals surface area contributed by atoms with Crippen molar-refractivity contribution in [1.82, 2.24) is 0 Å². The fraction of sp³-hybridized carbons (Fsp3) is 0. The summed E-state index contributed by atoms with van der Waals surface area (Å²) in [6.07, 6.45) is 0. The standard InChI is InChI=1S/6ClH.4Na.Pt/h6*1H;;;;;/q;;;;;;4*+1;+2/p-6. The van der Waals surface area contributed by atoms with Crippen LogP contribution in [0.1, 0.15) is 0 Å². The number of halogens is 6. The van der Waals surface area contributed by atoms with Gasteiger partial charge in [0, 0.05) is 0 Å². The Balaban J connectivity index is -0.0000000300. The van der Waals surface area contributed by atoms with Gasteiger partial charge in [-0.2, -0.15) is 0 Å². The van der Waals surface area contributed by atoms with Crippen molar-refractivity contribution in [2.75, 3.05) is 0 Å². The second-order valence-corrected chi connectivity index (χ2v) is 49.9. The van der Waals surface area contributed by atoms with Crippen molar-refractivity contribution in [2.24, 2.45) is 0 Å². The SMILES string of the molecule is [Cl][Pt-4]([Cl])([Cl])([Cl])([Cl])[Cl].[Na+].[Na+].[Na+].[Na+]. The minimum absolute atomic E-state index is 0. The Hall–Kier alpha value is 6.43. The molecule has 0 atom stereocenters. The summed E-state index contributed by atoms with van der Waals surface area (Å²) in [5.41, 5.74) is 0. The first-order chi connectivity index (χ1) is 2.45.